The molecule has 0 aliphatic rings. The maximum Gasteiger partial charge on any atom is 0.119 e. The highest BCUT2D eigenvalue weighted by atomic mass is 16.5. The molecule has 0 aromatic heterocycles. The molecule has 0 radical (unpaired) electrons. The molecule has 14 heavy (non-hydrogen) atoms. The lowest BCUT2D eigenvalue weighted by Crippen LogP contribution is -2.21. The quantitative estimate of drug-likeness (QED) is 0.774. The van der Waals surface area contributed by atoms with E-state index >= 15 is 0 Å². The van der Waals surface area contributed by atoms with Crippen molar-refractivity contribution in [2.45, 2.75) is 25.8 Å². The zero-order chi connectivity index (χ0) is 10.4. The minimum atomic E-state index is 0.571. The molecule has 0 aliphatic heterocycles. The second kappa shape index (κ2) is 5.66. The molecule has 0 saturated heterocycles. The molecule has 0 heterocycles. The van der Waals surface area contributed by atoms with E-state index in [-0.39, 0.29) is 0 Å². The third kappa shape index (κ3) is 3.38. The number of aryl methyl sites for hydroxylation is 1. The highest BCUT2D eigenvalue weighted by Crippen LogP contribution is 2.14. The molecule has 1 aromatic rings. The molecule has 1 aromatic carbocycles. The van der Waals surface area contributed by atoms with Crippen molar-refractivity contribution in [2.24, 2.45) is 0 Å². The topological polar surface area (TPSA) is 21.3 Å². The summed E-state index contributed by atoms with van der Waals surface area (Å²) < 4.78 is 5.17. The molecule has 0 fully saturated rings. The SMILES string of the molecule is CN[C@@H](C)CCc1cccc(OC)c1. The number of ether oxygens (including phenoxy) is 1. The van der Waals surface area contributed by atoms with Gasteiger partial charge in [-0.05, 0) is 44.5 Å². The summed E-state index contributed by atoms with van der Waals surface area (Å²) >= 11 is 0. The Bertz CT molecular complexity index is 273. The first kappa shape index (κ1) is 11.1. The lowest BCUT2D eigenvalue weighted by atomic mass is 10.1. The van der Waals surface area contributed by atoms with Crippen molar-refractivity contribution in [1.29, 1.82) is 0 Å². The zero-order valence-corrected chi connectivity index (χ0v) is 9.21. The Morgan fingerprint density at radius 3 is 2.86 bits per heavy atom. The summed E-state index contributed by atoms with van der Waals surface area (Å²) in [5.41, 5.74) is 1.34. The average Bonchev–Trinajstić information content (AvgIpc) is 2.26. The second-order valence-corrected chi connectivity index (χ2v) is 3.58. The van der Waals surface area contributed by atoms with Crippen molar-refractivity contribution in [3.05, 3.63) is 29.8 Å². The van der Waals surface area contributed by atoms with Crippen LogP contribution in [0.15, 0.2) is 24.3 Å². The molecule has 0 amide bonds. The lowest BCUT2D eigenvalue weighted by Gasteiger charge is -2.10. The van der Waals surface area contributed by atoms with Crippen LogP contribution >= 0.6 is 0 Å². The van der Waals surface area contributed by atoms with E-state index in [1.165, 1.54) is 5.56 Å². The van der Waals surface area contributed by atoms with Gasteiger partial charge in [0.25, 0.3) is 0 Å². The Kier molecular flexibility index (Phi) is 4.47. The highest BCUT2D eigenvalue weighted by molar-refractivity contribution is 5.28. The molecule has 1 atom stereocenters. The molecule has 0 bridgehead atoms. The Morgan fingerprint density at radius 2 is 2.21 bits per heavy atom. The fraction of sp³-hybridized carbons (Fsp3) is 0.500. The lowest BCUT2D eigenvalue weighted by molar-refractivity contribution is 0.414. The predicted octanol–water partition coefficient (Wildman–Crippen LogP) is 2.24. The van der Waals surface area contributed by atoms with Gasteiger partial charge in [0, 0.05) is 6.04 Å². The molecular weight excluding hydrogens is 174 g/mol. The fourth-order valence-corrected chi connectivity index (χ4v) is 1.36. The van der Waals surface area contributed by atoms with Crippen molar-refractivity contribution in [1.82, 2.24) is 5.32 Å². The van der Waals surface area contributed by atoms with Crippen molar-refractivity contribution >= 4 is 0 Å². The van der Waals surface area contributed by atoms with Crippen LogP contribution in [0, 0.1) is 0 Å². The van der Waals surface area contributed by atoms with Crippen LogP contribution in [0.1, 0.15) is 18.9 Å². The van der Waals surface area contributed by atoms with Crippen LogP contribution in [0.2, 0.25) is 0 Å². The van der Waals surface area contributed by atoms with E-state index in [1.807, 2.05) is 19.2 Å². The number of hydrogen-bond donors (Lipinski definition) is 1. The summed E-state index contributed by atoms with van der Waals surface area (Å²) in [5, 5.41) is 3.23. The minimum absolute atomic E-state index is 0.571. The molecule has 1 N–H and O–H groups in total. The number of hydrogen-bond acceptors (Lipinski definition) is 2. The van der Waals surface area contributed by atoms with E-state index in [4.69, 9.17) is 4.74 Å². The Labute approximate surface area is 86.3 Å². The van der Waals surface area contributed by atoms with Gasteiger partial charge >= 0.3 is 0 Å². The Balaban J connectivity index is 2.50. The third-order valence-corrected chi connectivity index (χ3v) is 2.49. The van der Waals surface area contributed by atoms with Crippen LogP contribution in [0.5, 0.6) is 5.75 Å². The van der Waals surface area contributed by atoms with Crippen LogP contribution in [0.4, 0.5) is 0 Å². The smallest absolute Gasteiger partial charge is 0.119 e. The van der Waals surface area contributed by atoms with Crippen LogP contribution in [0.25, 0.3) is 0 Å². The summed E-state index contributed by atoms with van der Waals surface area (Å²) in [6.07, 6.45) is 2.25. The summed E-state index contributed by atoms with van der Waals surface area (Å²) in [6.45, 7) is 2.19. The zero-order valence-electron chi connectivity index (χ0n) is 9.21. The maximum absolute atomic E-state index is 5.17. The molecule has 0 spiro atoms. The van der Waals surface area contributed by atoms with Crippen LogP contribution < -0.4 is 10.1 Å². The summed E-state index contributed by atoms with van der Waals surface area (Å²) in [7, 11) is 3.70. The highest BCUT2D eigenvalue weighted by Gasteiger charge is 2.00. The summed E-state index contributed by atoms with van der Waals surface area (Å²) in [6, 6.07) is 8.83. The van der Waals surface area contributed by atoms with Crippen molar-refractivity contribution in [2.75, 3.05) is 14.2 Å². The third-order valence-electron chi connectivity index (χ3n) is 2.49. The van der Waals surface area contributed by atoms with E-state index in [2.05, 4.69) is 24.4 Å². The van der Waals surface area contributed by atoms with Crippen LogP contribution in [0.3, 0.4) is 0 Å². The van der Waals surface area contributed by atoms with E-state index < -0.39 is 0 Å². The van der Waals surface area contributed by atoms with Gasteiger partial charge in [0.1, 0.15) is 5.75 Å². The van der Waals surface area contributed by atoms with Crippen LogP contribution in [-0.2, 0) is 6.42 Å². The number of rotatable bonds is 5. The van der Waals surface area contributed by atoms with E-state index in [1.54, 1.807) is 7.11 Å². The van der Waals surface area contributed by atoms with Gasteiger partial charge in [0.05, 0.1) is 7.11 Å². The maximum atomic E-state index is 5.17. The van der Waals surface area contributed by atoms with E-state index in [0.717, 1.165) is 18.6 Å². The molecule has 1 rings (SSSR count). The Morgan fingerprint density at radius 1 is 1.43 bits per heavy atom. The average molecular weight is 193 g/mol. The van der Waals surface area contributed by atoms with Crippen molar-refractivity contribution in [3.63, 3.8) is 0 Å². The number of methoxy groups -OCH3 is 1. The minimum Gasteiger partial charge on any atom is -0.497 e. The first-order valence-electron chi connectivity index (χ1n) is 5.06. The molecule has 2 nitrogen and oxygen atoms in total. The summed E-state index contributed by atoms with van der Waals surface area (Å²) in [5.74, 6) is 0.944. The van der Waals surface area contributed by atoms with Gasteiger partial charge in [0.2, 0.25) is 0 Å². The van der Waals surface area contributed by atoms with Gasteiger partial charge in [-0.2, -0.15) is 0 Å². The van der Waals surface area contributed by atoms with Crippen molar-refractivity contribution < 1.29 is 4.74 Å². The molecule has 0 saturated carbocycles. The second-order valence-electron chi connectivity index (χ2n) is 3.58. The van der Waals surface area contributed by atoms with E-state index in [9.17, 15) is 0 Å². The Hall–Kier alpha value is -1.02. The monoisotopic (exact) mass is 193 g/mol. The van der Waals surface area contributed by atoms with Gasteiger partial charge in [-0.25, -0.2) is 0 Å². The first-order chi connectivity index (χ1) is 6.76. The van der Waals surface area contributed by atoms with Gasteiger partial charge in [-0.1, -0.05) is 12.1 Å². The van der Waals surface area contributed by atoms with Crippen LogP contribution in [-0.4, -0.2) is 20.2 Å². The largest absolute Gasteiger partial charge is 0.497 e. The first-order valence-corrected chi connectivity index (χ1v) is 5.06. The fourth-order valence-electron chi connectivity index (χ4n) is 1.36. The normalized spacial score (nSPS) is 12.5. The molecular formula is C12H19NO. The number of nitrogens with one attached hydrogen (secondary N) is 1. The number of benzene rings is 1. The van der Waals surface area contributed by atoms with Gasteiger partial charge in [0.15, 0.2) is 0 Å². The molecule has 0 aliphatic carbocycles. The van der Waals surface area contributed by atoms with Crippen molar-refractivity contribution in [3.8, 4) is 5.75 Å². The van der Waals surface area contributed by atoms with E-state index in [0.29, 0.717) is 6.04 Å². The summed E-state index contributed by atoms with van der Waals surface area (Å²) in [4.78, 5) is 0. The molecule has 78 valence electrons. The van der Waals surface area contributed by atoms with Gasteiger partial charge in [-0.15, -0.1) is 0 Å². The molecule has 2 heteroatoms. The predicted molar refractivity (Wildman–Crippen MR) is 59.8 cm³/mol. The standard InChI is InChI=1S/C12H19NO/c1-10(13-2)7-8-11-5-4-6-12(9-11)14-3/h4-6,9-10,13H,7-8H2,1-3H3/t10-/m0/s1. The van der Waals surface area contributed by atoms with Gasteiger partial charge < -0.3 is 10.1 Å². The van der Waals surface area contributed by atoms with Gasteiger partial charge in [-0.3, -0.25) is 0 Å². The molecule has 0 unspecified atom stereocenters.